The number of aromatic amines is 2. The molecule has 6 rings (SSSR count). The molecule has 0 spiro atoms. The van der Waals surface area contributed by atoms with E-state index in [1.54, 1.807) is 0 Å². The number of hydrogen-bond donors (Lipinski definition) is 4. The van der Waals surface area contributed by atoms with E-state index in [9.17, 15) is 4.79 Å². The first kappa shape index (κ1) is 19.1. The van der Waals surface area contributed by atoms with Crippen LogP contribution in [0.3, 0.4) is 0 Å². The van der Waals surface area contributed by atoms with Gasteiger partial charge < -0.3 is 20.0 Å². The molecule has 0 unspecified atom stereocenters. The van der Waals surface area contributed by atoms with Gasteiger partial charge in [0.2, 0.25) is 5.58 Å². The van der Waals surface area contributed by atoms with Gasteiger partial charge in [0.15, 0.2) is 5.82 Å². The van der Waals surface area contributed by atoms with Crippen LogP contribution in [0, 0.1) is 5.92 Å². The highest BCUT2D eigenvalue weighted by Crippen LogP contribution is 2.28. The number of piperidine rings is 1. The second-order valence-corrected chi connectivity index (χ2v) is 8.60. The summed E-state index contributed by atoms with van der Waals surface area (Å²) < 4.78 is 5.74. The van der Waals surface area contributed by atoms with Crippen molar-refractivity contribution in [3.8, 4) is 11.4 Å². The van der Waals surface area contributed by atoms with Gasteiger partial charge in [0.25, 0.3) is 5.56 Å². The average Bonchev–Trinajstić information content (AvgIpc) is 3.39. The van der Waals surface area contributed by atoms with Crippen molar-refractivity contribution in [3.05, 3.63) is 46.8 Å². The van der Waals surface area contributed by atoms with Gasteiger partial charge >= 0.3 is 0 Å². The number of hydrogen-bond acceptors (Lipinski definition) is 6. The van der Waals surface area contributed by atoms with Gasteiger partial charge in [-0.1, -0.05) is 23.7 Å². The van der Waals surface area contributed by atoms with E-state index in [1.165, 1.54) is 12.8 Å². The number of nitrogens with zero attached hydrogens (tertiary/aromatic N) is 2. The number of anilines is 1. The van der Waals surface area contributed by atoms with Gasteiger partial charge in [0, 0.05) is 22.9 Å². The van der Waals surface area contributed by atoms with Gasteiger partial charge in [-0.25, -0.2) is 4.98 Å². The summed E-state index contributed by atoms with van der Waals surface area (Å²) in [6, 6.07) is 11.8. The van der Waals surface area contributed by atoms with Crippen LogP contribution in [-0.2, 0) is 0 Å². The Hall–Kier alpha value is -3.59. The Morgan fingerprint density at radius 3 is 2.88 bits per heavy atom. The molecule has 32 heavy (non-hydrogen) atoms. The molecular weight excluding hydrogens is 403 g/mol. The largest absolute Gasteiger partial charge is 0.449 e. The topological polar surface area (TPSA) is 112 Å². The second kappa shape index (κ2) is 7.53. The van der Waals surface area contributed by atoms with Crippen LogP contribution < -0.4 is 21.7 Å². The normalized spacial score (nSPS) is 15.1. The minimum atomic E-state index is -0.284. The molecule has 0 bridgehead atoms. The van der Waals surface area contributed by atoms with E-state index in [1.807, 2.05) is 44.2 Å². The first-order chi connectivity index (χ1) is 15.7. The zero-order valence-electron chi connectivity index (χ0n) is 17.8. The van der Waals surface area contributed by atoms with Gasteiger partial charge in [-0.3, -0.25) is 9.89 Å². The standard InChI is InChI=1S/C23H23BN6O2/c24-14-2-4-18-16(10-14)19-20(32-18)23(31)28-21(27-19)13-1-3-15-17(9-13)29-30-22(15)26-11-12-5-7-25-8-6-12/h1-4,9-10,12,25H,5-8,11,24H2,(H2,26,29,30)(H,27,28,31). The number of H-pyrrole nitrogens is 2. The number of furan rings is 1. The second-order valence-electron chi connectivity index (χ2n) is 8.60. The van der Waals surface area contributed by atoms with Crippen LogP contribution >= 0.6 is 0 Å². The molecule has 0 saturated carbocycles. The molecule has 3 aromatic heterocycles. The highest BCUT2D eigenvalue weighted by atomic mass is 16.3. The molecule has 1 aliphatic heterocycles. The summed E-state index contributed by atoms with van der Waals surface area (Å²) in [7, 11) is 2.01. The SMILES string of the molecule is Bc1ccc2oc3c(=O)[nH]c(-c4ccc5c(NCC6CCNCC6)n[nH]c5c4)nc3c2c1. The summed E-state index contributed by atoms with van der Waals surface area (Å²) in [5.41, 5.74) is 4.00. The molecule has 5 aromatic rings. The lowest BCUT2D eigenvalue weighted by Crippen LogP contribution is -2.31. The first-order valence-corrected chi connectivity index (χ1v) is 11.0. The van der Waals surface area contributed by atoms with Crippen LogP contribution in [0.25, 0.3) is 44.4 Å². The smallest absolute Gasteiger partial charge is 0.294 e. The van der Waals surface area contributed by atoms with Crippen molar-refractivity contribution < 1.29 is 4.42 Å². The third-order valence-corrected chi connectivity index (χ3v) is 6.33. The summed E-state index contributed by atoms with van der Waals surface area (Å²) in [5, 5.41) is 16.3. The molecule has 2 aromatic carbocycles. The van der Waals surface area contributed by atoms with Crippen LogP contribution in [0.15, 0.2) is 45.6 Å². The monoisotopic (exact) mass is 426 g/mol. The quantitative estimate of drug-likeness (QED) is 0.327. The van der Waals surface area contributed by atoms with Crippen molar-refractivity contribution in [1.29, 1.82) is 0 Å². The fourth-order valence-corrected chi connectivity index (χ4v) is 4.53. The first-order valence-electron chi connectivity index (χ1n) is 11.0. The zero-order chi connectivity index (χ0) is 21.7. The predicted octanol–water partition coefficient (Wildman–Crippen LogP) is 1.88. The van der Waals surface area contributed by atoms with Crippen molar-refractivity contribution in [1.82, 2.24) is 25.5 Å². The molecule has 8 nitrogen and oxygen atoms in total. The van der Waals surface area contributed by atoms with Crippen LogP contribution in [0.4, 0.5) is 5.82 Å². The van der Waals surface area contributed by atoms with E-state index in [2.05, 4.69) is 25.8 Å². The lowest BCUT2D eigenvalue weighted by Gasteiger charge is -2.22. The highest BCUT2D eigenvalue weighted by molar-refractivity contribution is 6.33. The van der Waals surface area contributed by atoms with Crippen LogP contribution in [0.1, 0.15) is 12.8 Å². The number of fused-ring (bicyclic) bond motifs is 4. The molecule has 4 heterocycles. The molecule has 9 heteroatoms. The fraction of sp³-hybridized carbons (Fsp3) is 0.261. The minimum Gasteiger partial charge on any atom is -0.449 e. The summed E-state index contributed by atoms with van der Waals surface area (Å²) in [5.74, 6) is 2.03. The van der Waals surface area contributed by atoms with Crippen LogP contribution in [0.5, 0.6) is 0 Å². The Balaban J connectivity index is 1.35. The third kappa shape index (κ3) is 3.25. The molecule has 160 valence electrons. The Morgan fingerprint density at radius 2 is 2.00 bits per heavy atom. The highest BCUT2D eigenvalue weighted by Gasteiger charge is 2.16. The van der Waals surface area contributed by atoms with Gasteiger partial charge in [-0.2, -0.15) is 5.10 Å². The van der Waals surface area contributed by atoms with Gasteiger partial charge in [-0.05, 0) is 50.0 Å². The van der Waals surface area contributed by atoms with E-state index in [0.717, 1.165) is 52.8 Å². The summed E-state index contributed by atoms with van der Waals surface area (Å²) >= 11 is 0. The van der Waals surface area contributed by atoms with Crippen LogP contribution in [0.2, 0.25) is 0 Å². The molecule has 4 N–H and O–H groups in total. The summed E-state index contributed by atoms with van der Waals surface area (Å²) in [6.45, 7) is 3.08. The molecule has 1 fully saturated rings. The maximum Gasteiger partial charge on any atom is 0.294 e. The Kier molecular flexibility index (Phi) is 4.50. The Morgan fingerprint density at radius 1 is 1.12 bits per heavy atom. The fourth-order valence-electron chi connectivity index (χ4n) is 4.53. The number of nitrogens with one attached hydrogen (secondary N) is 4. The number of benzene rings is 2. The van der Waals surface area contributed by atoms with Crippen molar-refractivity contribution in [3.63, 3.8) is 0 Å². The van der Waals surface area contributed by atoms with E-state index < -0.39 is 0 Å². The van der Waals surface area contributed by atoms with Gasteiger partial charge in [-0.15, -0.1) is 0 Å². The Labute approximate surface area is 184 Å². The summed E-state index contributed by atoms with van der Waals surface area (Å²) in [4.78, 5) is 20.3. The van der Waals surface area contributed by atoms with E-state index in [0.29, 0.717) is 22.8 Å². The van der Waals surface area contributed by atoms with Crippen molar-refractivity contribution in [2.45, 2.75) is 12.8 Å². The van der Waals surface area contributed by atoms with Crippen molar-refractivity contribution in [2.75, 3.05) is 25.0 Å². The molecule has 1 saturated heterocycles. The molecule has 0 radical (unpaired) electrons. The van der Waals surface area contributed by atoms with Crippen molar-refractivity contribution >= 4 is 52.1 Å². The predicted molar refractivity (Wildman–Crippen MR) is 129 cm³/mol. The van der Waals surface area contributed by atoms with Crippen LogP contribution in [-0.4, -0.2) is 47.6 Å². The maximum absolute atomic E-state index is 12.7. The number of rotatable bonds is 4. The Bertz CT molecular complexity index is 1510. The molecule has 1 aliphatic rings. The third-order valence-electron chi connectivity index (χ3n) is 6.33. The zero-order valence-corrected chi connectivity index (χ0v) is 17.8. The molecule has 0 amide bonds. The molecule has 0 atom stereocenters. The van der Waals surface area contributed by atoms with Gasteiger partial charge in [0.1, 0.15) is 24.8 Å². The summed E-state index contributed by atoms with van der Waals surface area (Å²) in [6.07, 6.45) is 2.37. The number of aromatic nitrogens is 4. The van der Waals surface area contributed by atoms with E-state index >= 15 is 0 Å². The lowest BCUT2D eigenvalue weighted by atomic mass is 9.95. The van der Waals surface area contributed by atoms with Gasteiger partial charge in [0.05, 0.1) is 5.52 Å². The van der Waals surface area contributed by atoms with E-state index in [-0.39, 0.29) is 11.1 Å². The molecular formula is C23H23BN6O2. The molecule has 0 aliphatic carbocycles. The maximum atomic E-state index is 12.7. The minimum absolute atomic E-state index is 0.251. The average molecular weight is 426 g/mol. The van der Waals surface area contributed by atoms with Crippen molar-refractivity contribution in [2.24, 2.45) is 5.92 Å². The van der Waals surface area contributed by atoms with E-state index in [4.69, 9.17) is 9.40 Å². The lowest BCUT2D eigenvalue weighted by molar-refractivity contribution is 0.389.